The summed E-state index contributed by atoms with van der Waals surface area (Å²) in [4.78, 5) is 29.4. The predicted octanol–water partition coefficient (Wildman–Crippen LogP) is 2.42. The van der Waals surface area contributed by atoms with E-state index in [2.05, 4.69) is 16.4 Å². The van der Waals surface area contributed by atoms with Gasteiger partial charge in [0, 0.05) is 35.9 Å². The number of para-hydroxylation sites is 2. The summed E-state index contributed by atoms with van der Waals surface area (Å²) in [5.74, 6) is -1.03. The second-order valence-corrected chi connectivity index (χ2v) is 6.20. The molecule has 2 N–H and O–H groups in total. The molecular formula is C20H19N3O2. The number of aromatic nitrogens is 1. The maximum atomic E-state index is 12.4. The minimum absolute atomic E-state index is 0.432. The number of H-pyrrole nitrogens is 1. The zero-order valence-electron chi connectivity index (χ0n) is 13.8. The van der Waals surface area contributed by atoms with E-state index in [1.54, 1.807) is 4.90 Å². The van der Waals surface area contributed by atoms with Crippen LogP contribution in [0.1, 0.15) is 11.1 Å². The number of hydrogen-bond acceptors (Lipinski definition) is 2. The van der Waals surface area contributed by atoms with Crippen molar-refractivity contribution in [3.8, 4) is 0 Å². The molecule has 5 heteroatoms. The van der Waals surface area contributed by atoms with Crippen LogP contribution in [-0.4, -0.2) is 29.9 Å². The van der Waals surface area contributed by atoms with Crippen LogP contribution in [0.15, 0.2) is 54.7 Å². The van der Waals surface area contributed by atoms with Crippen molar-refractivity contribution in [1.82, 2.24) is 10.3 Å². The minimum Gasteiger partial charge on any atom is -0.361 e. The molecule has 0 aliphatic carbocycles. The molecular weight excluding hydrogens is 314 g/mol. The van der Waals surface area contributed by atoms with Gasteiger partial charge in [0.2, 0.25) is 0 Å². The van der Waals surface area contributed by atoms with E-state index in [-0.39, 0.29) is 0 Å². The summed E-state index contributed by atoms with van der Waals surface area (Å²) >= 11 is 0. The Labute approximate surface area is 145 Å². The van der Waals surface area contributed by atoms with E-state index >= 15 is 0 Å². The van der Waals surface area contributed by atoms with Crippen LogP contribution in [-0.2, 0) is 22.4 Å². The number of hydrogen-bond donors (Lipinski definition) is 2. The standard InChI is InChI=1S/C20H19N3O2/c24-19(20(25)23-12-10-14-5-1-4-8-18(14)23)21-11-9-15-13-22-17-7-3-2-6-16(15)17/h1-8,13,22H,9-12H2,(H,21,24). The summed E-state index contributed by atoms with van der Waals surface area (Å²) in [6, 6.07) is 15.8. The maximum absolute atomic E-state index is 12.4. The molecule has 0 bridgehead atoms. The van der Waals surface area contributed by atoms with Gasteiger partial charge < -0.3 is 15.2 Å². The van der Waals surface area contributed by atoms with Gasteiger partial charge in [-0.05, 0) is 36.1 Å². The zero-order chi connectivity index (χ0) is 17.2. The first kappa shape index (κ1) is 15.4. The van der Waals surface area contributed by atoms with Gasteiger partial charge in [-0.25, -0.2) is 0 Å². The van der Waals surface area contributed by atoms with Crippen molar-refractivity contribution in [3.63, 3.8) is 0 Å². The van der Waals surface area contributed by atoms with Crippen molar-refractivity contribution in [2.24, 2.45) is 0 Å². The largest absolute Gasteiger partial charge is 0.361 e. The van der Waals surface area contributed by atoms with Crippen LogP contribution in [0.3, 0.4) is 0 Å². The fraction of sp³-hybridized carbons (Fsp3) is 0.200. The molecule has 0 saturated carbocycles. The Hall–Kier alpha value is -3.08. The van der Waals surface area contributed by atoms with Crippen LogP contribution in [0, 0.1) is 0 Å². The summed E-state index contributed by atoms with van der Waals surface area (Å²) in [5.41, 5.74) is 4.17. The average molecular weight is 333 g/mol. The first-order valence-corrected chi connectivity index (χ1v) is 8.46. The number of benzene rings is 2. The molecule has 2 amide bonds. The van der Waals surface area contributed by atoms with E-state index in [9.17, 15) is 9.59 Å². The predicted molar refractivity (Wildman–Crippen MR) is 97.5 cm³/mol. The lowest BCUT2D eigenvalue weighted by Gasteiger charge is -2.16. The third kappa shape index (κ3) is 2.89. The first-order valence-electron chi connectivity index (χ1n) is 8.46. The Morgan fingerprint density at radius 2 is 1.88 bits per heavy atom. The van der Waals surface area contributed by atoms with Crippen LogP contribution in [0.2, 0.25) is 0 Å². The molecule has 1 aliphatic rings. The van der Waals surface area contributed by atoms with Gasteiger partial charge in [-0.1, -0.05) is 36.4 Å². The molecule has 0 radical (unpaired) electrons. The quantitative estimate of drug-likeness (QED) is 0.723. The molecule has 126 valence electrons. The highest BCUT2D eigenvalue weighted by molar-refractivity contribution is 6.40. The Morgan fingerprint density at radius 3 is 2.80 bits per heavy atom. The highest BCUT2D eigenvalue weighted by atomic mass is 16.2. The van der Waals surface area contributed by atoms with Crippen LogP contribution < -0.4 is 10.2 Å². The molecule has 2 heterocycles. The highest BCUT2D eigenvalue weighted by Crippen LogP contribution is 2.27. The van der Waals surface area contributed by atoms with Gasteiger partial charge in [0.25, 0.3) is 0 Å². The van der Waals surface area contributed by atoms with Crippen LogP contribution >= 0.6 is 0 Å². The molecule has 4 rings (SSSR count). The van der Waals surface area contributed by atoms with Crippen LogP contribution in [0.25, 0.3) is 10.9 Å². The van der Waals surface area contributed by atoms with Gasteiger partial charge in [-0.3, -0.25) is 9.59 Å². The third-order valence-electron chi connectivity index (χ3n) is 4.68. The maximum Gasteiger partial charge on any atom is 0.316 e. The minimum atomic E-state index is -0.545. The highest BCUT2D eigenvalue weighted by Gasteiger charge is 2.28. The van der Waals surface area contributed by atoms with Crippen LogP contribution in [0.4, 0.5) is 5.69 Å². The monoisotopic (exact) mass is 333 g/mol. The Bertz CT molecular complexity index is 945. The number of nitrogens with one attached hydrogen (secondary N) is 2. The Balaban J connectivity index is 1.37. The van der Waals surface area contributed by atoms with Crippen molar-refractivity contribution < 1.29 is 9.59 Å². The zero-order valence-corrected chi connectivity index (χ0v) is 13.8. The second-order valence-electron chi connectivity index (χ2n) is 6.20. The molecule has 3 aromatic rings. The van der Waals surface area contributed by atoms with Gasteiger partial charge in [0.05, 0.1) is 0 Å². The molecule has 1 aliphatic heterocycles. The second kappa shape index (κ2) is 6.43. The molecule has 5 nitrogen and oxygen atoms in total. The van der Waals surface area contributed by atoms with E-state index in [1.165, 1.54) is 0 Å². The molecule has 0 spiro atoms. The number of fused-ring (bicyclic) bond motifs is 2. The molecule has 0 atom stereocenters. The summed E-state index contributed by atoms with van der Waals surface area (Å²) in [6.45, 7) is 0.996. The fourth-order valence-electron chi connectivity index (χ4n) is 3.40. The number of anilines is 1. The molecule has 2 aromatic carbocycles. The van der Waals surface area contributed by atoms with Gasteiger partial charge in [0.15, 0.2) is 0 Å². The molecule has 1 aromatic heterocycles. The number of nitrogens with zero attached hydrogens (tertiary/aromatic N) is 1. The van der Waals surface area contributed by atoms with E-state index in [0.29, 0.717) is 19.5 Å². The summed E-state index contributed by atoms with van der Waals surface area (Å²) in [5, 5.41) is 3.90. The number of aromatic amines is 1. The molecule has 0 unspecified atom stereocenters. The lowest BCUT2D eigenvalue weighted by molar-refractivity contribution is -0.137. The van der Waals surface area contributed by atoms with Crippen molar-refractivity contribution in [2.45, 2.75) is 12.8 Å². The smallest absolute Gasteiger partial charge is 0.316 e. The topological polar surface area (TPSA) is 65.2 Å². The summed E-state index contributed by atoms with van der Waals surface area (Å²) < 4.78 is 0. The number of rotatable bonds is 3. The number of carbonyl (C=O) groups excluding carboxylic acids is 2. The van der Waals surface area contributed by atoms with Gasteiger partial charge >= 0.3 is 11.8 Å². The average Bonchev–Trinajstić information content (AvgIpc) is 3.25. The molecule has 0 fully saturated rings. The Morgan fingerprint density at radius 1 is 1.08 bits per heavy atom. The first-order chi connectivity index (χ1) is 12.2. The van der Waals surface area contributed by atoms with Crippen molar-refractivity contribution in [1.29, 1.82) is 0 Å². The number of carbonyl (C=O) groups is 2. The normalized spacial score (nSPS) is 13.0. The summed E-state index contributed by atoms with van der Waals surface area (Å²) in [7, 11) is 0. The van der Waals surface area contributed by atoms with Crippen molar-refractivity contribution in [3.05, 3.63) is 65.9 Å². The van der Waals surface area contributed by atoms with Crippen molar-refractivity contribution >= 4 is 28.4 Å². The molecule has 0 saturated heterocycles. The number of amides is 2. The van der Waals surface area contributed by atoms with Crippen LogP contribution in [0.5, 0.6) is 0 Å². The van der Waals surface area contributed by atoms with Gasteiger partial charge in [-0.2, -0.15) is 0 Å². The van der Waals surface area contributed by atoms with E-state index in [1.807, 2.05) is 48.7 Å². The Kier molecular flexibility index (Phi) is 3.98. The van der Waals surface area contributed by atoms with E-state index in [4.69, 9.17) is 0 Å². The SMILES string of the molecule is O=C(NCCc1c[nH]c2ccccc12)C(=O)N1CCc2ccccc21. The van der Waals surface area contributed by atoms with Gasteiger partial charge in [0.1, 0.15) is 0 Å². The summed E-state index contributed by atoms with van der Waals surface area (Å²) in [6.07, 6.45) is 3.43. The molecule has 25 heavy (non-hydrogen) atoms. The fourth-order valence-corrected chi connectivity index (χ4v) is 3.40. The lowest BCUT2D eigenvalue weighted by atomic mass is 10.1. The third-order valence-corrected chi connectivity index (χ3v) is 4.68. The van der Waals surface area contributed by atoms with Crippen molar-refractivity contribution in [2.75, 3.05) is 18.0 Å². The van der Waals surface area contributed by atoms with E-state index < -0.39 is 11.8 Å². The lowest BCUT2D eigenvalue weighted by Crippen LogP contribution is -2.43. The van der Waals surface area contributed by atoms with E-state index in [0.717, 1.165) is 34.1 Å². The van der Waals surface area contributed by atoms with Gasteiger partial charge in [-0.15, -0.1) is 0 Å².